The van der Waals surface area contributed by atoms with Crippen LogP contribution in [0.25, 0.3) is 0 Å². The van der Waals surface area contributed by atoms with Crippen LogP contribution in [0, 0.1) is 11.8 Å². The molecule has 0 radical (unpaired) electrons. The molecular formula is C19H21NO3. The van der Waals surface area contributed by atoms with Gasteiger partial charge in [0.1, 0.15) is 11.5 Å². The molecule has 0 unspecified atom stereocenters. The molecule has 3 rings (SSSR count). The first-order valence-corrected chi connectivity index (χ1v) is 7.98. The molecule has 1 aliphatic carbocycles. The summed E-state index contributed by atoms with van der Waals surface area (Å²) >= 11 is 0. The zero-order valence-electron chi connectivity index (χ0n) is 13.4. The first kappa shape index (κ1) is 15.4. The maximum absolute atomic E-state index is 12.1. The number of hydrogen-bond acceptors (Lipinski definition) is 3. The molecule has 120 valence electrons. The van der Waals surface area contributed by atoms with Crippen molar-refractivity contribution in [3.05, 3.63) is 48.5 Å². The minimum atomic E-state index is 0.0697. The van der Waals surface area contributed by atoms with E-state index in [1.165, 1.54) is 0 Å². The zero-order chi connectivity index (χ0) is 16.2. The Morgan fingerprint density at radius 3 is 2.43 bits per heavy atom. The number of anilines is 1. The largest absolute Gasteiger partial charge is 0.494 e. The summed E-state index contributed by atoms with van der Waals surface area (Å²) in [4.78, 5) is 12.1. The van der Waals surface area contributed by atoms with Crippen molar-refractivity contribution in [1.29, 1.82) is 0 Å². The third kappa shape index (κ3) is 3.83. The van der Waals surface area contributed by atoms with Crippen molar-refractivity contribution in [2.24, 2.45) is 11.8 Å². The summed E-state index contributed by atoms with van der Waals surface area (Å²) in [6.07, 6.45) is 0.966. The van der Waals surface area contributed by atoms with Crippen LogP contribution in [0.1, 0.15) is 20.3 Å². The highest BCUT2D eigenvalue weighted by Gasteiger charge is 2.39. The molecule has 0 spiro atoms. The second-order valence-electron chi connectivity index (χ2n) is 5.81. The predicted molar refractivity (Wildman–Crippen MR) is 90.0 cm³/mol. The lowest BCUT2D eigenvalue weighted by molar-refractivity contribution is -0.117. The van der Waals surface area contributed by atoms with Gasteiger partial charge < -0.3 is 14.8 Å². The lowest BCUT2D eigenvalue weighted by Crippen LogP contribution is -2.14. The molecule has 0 bridgehead atoms. The number of carbonyl (C=O) groups is 1. The van der Waals surface area contributed by atoms with E-state index < -0.39 is 0 Å². The molecule has 4 heteroatoms. The van der Waals surface area contributed by atoms with E-state index in [4.69, 9.17) is 9.47 Å². The fourth-order valence-corrected chi connectivity index (χ4v) is 2.47. The van der Waals surface area contributed by atoms with Gasteiger partial charge in [-0.2, -0.15) is 0 Å². The molecule has 2 atom stereocenters. The van der Waals surface area contributed by atoms with Crippen molar-refractivity contribution in [2.75, 3.05) is 11.9 Å². The number of para-hydroxylation sites is 2. The van der Waals surface area contributed by atoms with Gasteiger partial charge in [-0.25, -0.2) is 0 Å². The Morgan fingerprint density at radius 2 is 1.78 bits per heavy atom. The summed E-state index contributed by atoms with van der Waals surface area (Å²) in [6, 6.07) is 14.9. The highest BCUT2D eigenvalue weighted by atomic mass is 16.5. The highest BCUT2D eigenvalue weighted by Crippen LogP contribution is 2.39. The monoisotopic (exact) mass is 311 g/mol. The van der Waals surface area contributed by atoms with Crippen molar-refractivity contribution in [2.45, 2.75) is 20.3 Å². The summed E-state index contributed by atoms with van der Waals surface area (Å²) < 4.78 is 11.3. The molecule has 1 saturated carbocycles. The summed E-state index contributed by atoms with van der Waals surface area (Å²) in [7, 11) is 0. The van der Waals surface area contributed by atoms with Crippen molar-refractivity contribution in [3.8, 4) is 17.2 Å². The second-order valence-corrected chi connectivity index (χ2v) is 5.81. The molecular weight excluding hydrogens is 290 g/mol. The molecule has 0 aromatic heterocycles. The molecule has 2 aromatic rings. The van der Waals surface area contributed by atoms with E-state index in [0.29, 0.717) is 29.7 Å². The van der Waals surface area contributed by atoms with Crippen LogP contribution in [0.5, 0.6) is 17.2 Å². The second kappa shape index (κ2) is 6.73. The molecule has 4 nitrogen and oxygen atoms in total. The van der Waals surface area contributed by atoms with E-state index in [1.54, 1.807) is 0 Å². The van der Waals surface area contributed by atoms with Crippen LogP contribution in [0.2, 0.25) is 0 Å². The summed E-state index contributed by atoms with van der Waals surface area (Å²) in [5.74, 6) is 2.83. The summed E-state index contributed by atoms with van der Waals surface area (Å²) in [5, 5.41) is 2.97. The maximum Gasteiger partial charge on any atom is 0.227 e. The van der Waals surface area contributed by atoms with Gasteiger partial charge in [0.25, 0.3) is 0 Å². The van der Waals surface area contributed by atoms with Crippen LogP contribution in [0.3, 0.4) is 0 Å². The van der Waals surface area contributed by atoms with Gasteiger partial charge in [-0.3, -0.25) is 4.79 Å². The molecule has 0 heterocycles. The van der Waals surface area contributed by atoms with Gasteiger partial charge in [0, 0.05) is 5.92 Å². The Labute approximate surface area is 136 Å². The number of amides is 1. The fraction of sp³-hybridized carbons (Fsp3) is 0.316. The Balaban J connectivity index is 1.71. The standard InChI is InChI=1S/C19H21NO3/c1-3-22-14-8-10-15(11-9-14)23-18-7-5-4-6-17(18)20-19(21)16-12-13(16)2/h4-11,13,16H,3,12H2,1-2H3,(H,20,21)/t13-,16+/m0/s1. The van der Waals surface area contributed by atoms with Gasteiger partial charge in [-0.15, -0.1) is 0 Å². The van der Waals surface area contributed by atoms with Crippen LogP contribution < -0.4 is 14.8 Å². The quantitative estimate of drug-likeness (QED) is 0.856. The average molecular weight is 311 g/mol. The number of benzene rings is 2. The highest BCUT2D eigenvalue weighted by molar-refractivity contribution is 5.95. The first-order chi connectivity index (χ1) is 11.2. The van der Waals surface area contributed by atoms with Crippen LogP contribution in [0.15, 0.2) is 48.5 Å². The normalized spacial score (nSPS) is 19.0. The molecule has 1 aliphatic rings. The van der Waals surface area contributed by atoms with Crippen LogP contribution in [-0.2, 0) is 4.79 Å². The summed E-state index contributed by atoms with van der Waals surface area (Å²) in [6.45, 7) is 4.67. The minimum Gasteiger partial charge on any atom is -0.494 e. The number of ether oxygens (including phenoxy) is 2. The van der Waals surface area contributed by atoms with Crippen molar-refractivity contribution in [3.63, 3.8) is 0 Å². The molecule has 1 N–H and O–H groups in total. The Kier molecular flexibility index (Phi) is 4.51. The van der Waals surface area contributed by atoms with Gasteiger partial charge in [0.05, 0.1) is 12.3 Å². The van der Waals surface area contributed by atoms with Gasteiger partial charge in [0.15, 0.2) is 5.75 Å². The number of nitrogens with one attached hydrogen (secondary N) is 1. The molecule has 1 amide bonds. The van der Waals surface area contributed by atoms with E-state index in [-0.39, 0.29) is 11.8 Å². The van der Waals surface area contributed by atoms with Crippen LogP contribution in [0.4, 0.5) is 5.69 Å². The van der Waals surface area contributed by atoms with Crippen LogP contribution >= 0.6 is 0 Å². The third-order valence-electron chi connectivity index (χ3n) is 3.95. The zero-order valence-corrected chi connectivity index (χ0v) is 13.4. The summed E-state index contributed by atoms with van der Waals surface area (Å²) in [5.41, 5.74) is 0.700. The topological polar surface area (TPSA) is 47.6 Å². The Bertz CT molecular complexity index is 681. The van der Waals surface area contributed by atoms with Gasteiger partial charge in [-0.1, -0.05) is 19.1 Å². The van der Waals surface area contributed by atoms with Gasteiger partial charge in [0.2, 0.25) is 5.91 Å². The Hall–Kier alpha value is -2.49. The van der Waals surface area contributed by atoms with E-state index in [2.05, 4.69) is 12.2 Å². The lowest BCUT2D eigenvalue weighted by Gasteiger charge is -2.12. The smallest absolute Gasteiger partial charge is 0.227 e. The van der Waals surface area contributed by atoms with E-state index in [9.17, 15) is 4.79 Å². The lowest BCUT2D eigenvalue weighted by atomic mass is 10.2. The number of rotatable bonds is 6. The van der Waals surface area contributed by atoms with E-state index in [1.807, 2.05) is 55.5 Å². The molecule has 23 heavy (non-hydrogen) atoms. The first-order valence-electron chi connectivity index (χ1n) is 7.98. The van der Waals surface area contributed by atoms with Gasteiger partial charge in [-0.05, 0) is 55.7 Å². The Morgan fingerprint density at radius 1 is 1.13 bits per heavy atom. The van der Waals surface area contributed by atoms with E-state index >= 15 is 0 Å². The molecule has 1 fully saturated rings. The van der Waals surface area contributed by atoms with Crippen molar-refractivity contribution in [1.82, 2.24) is 0 Å². The average Bonchev–Trinajstić information content (AvgIpc) is 3.28. The van der Waals surface area contributed by atoms with Crippen LogP contribution in [-0.4, -0.2) is 12.5 Å². The number of hydrogen-bond donors (Lipinski definition) is 1. The molecule has 2 aromatic carbocycles. The van der Waals surface area contributed by atoms with Gasteiger partial charge >= 0.3 is 0 Å². The van der Waals surface area contributed by atoms with Crippen molar-refractivity contribution < 1.29 is 14.3 Å². The van der Waals surface area contributed by atoms with E-state index in [0.717, 1.165) is 12.2 Å². The SMILES string of the molecule is CCOc1ccc(Oc2ccccc2NC(=O)[C@@H]2C[C@@H]2C)cc1. The molecule has 0 saturated heterocycles. The predicted octanol–water partition coefficient (Wildman–Crippen LogP) is 4.47. The number of carbonyl (C=O) groups excluding carboxylic acids is 1. The third-order valence-corrected chi connectivity index (χ3v) is 3.95. The molecule has 0 aliphatic heterocycles. The maximum atomic E-state index is 12.1. The van der Waals surface area contributed by atoms with Crippen molar-refractivity contribution >= 4 is 11.6 Å². The fourth-order valence-electron chi connectivity index (χ4n) is 2.47. The minimum absolute atomic E-state index is 0.0697.